The van der Waals surface area contributed by atoms with Gasteiger partial charge in [-0.15, -0.1) is 0 Å². The zero-order valence-electron chi connectivity index (χ0n) is 10.3. The molecule has 1 aromatic rings. The number of urea groups is 1. The molecule has 0 unspecified atom stereocenters. The van der Waals surface area contributed by atoms with Crippen molar-refractivity contribution in [1.82, 2.24) is 5.32 Å². The fourth-order valence-electron chi connectivity index (χ4n) is 1.36. The van der Waals surface area contributed by atoms with E-state index in [2.05, 4.69) is 10.6 Å². The Kier molecular flexibility index (Phi) is 5.74. The quantitative estimate of drug-likeness (QED) is 0.559. The van der Waals surface area contributed by atoms with E-state index in [1.54, 1.807) is 6.07 Å². The van der Waals surface area contributed by atoms with Gasteiger partial charge in [0.25, 0.3) is 0 Å². The molecule has 19 heavy (non-hydrogen) atoms. The van der Waals surface area contributed by atoms with Gasteiger partial charge in [-0.1, -0.05) is 6.07 Å². The minimum atomic E-state index is -3.78. The fraction of sp³-hybridized carbons (Fsp3) is 0.364. The summed E-state index contributed by atoms with van der Waals surface area (Å²) in [4.78, 5) is 11.4. The maximum Gasteiger partial charge on any atom is 0.319 e. The predicted molar refractivity (Wildman–Crippen MR) is 71.2 cm³/mol. The van der Waals surface area contributed by atoms with Gasteiger partial charge >= 0.3 is 6.03 Å². The standard InChI is InChI=1S/C11H17N3O4S/c12-19(17,18)10-5-3-4-9(8-10)14-11(16)13-6-1-2-7-15/h3-5,8,15H,1-2,6-7H2,(H2,12,17,18)(H2,13,14,16). The SMILES string of the molecule is NS(=O)(=O)c1cccc(NC(=O)NCCCCO)c1. The molecule has 0 saturated carbocycles. The van der Waals surface area contributed by atoms with Crippen LogP contribution < -0.4 is 15.8 Å². The Morgan fingerprint density at radius 2 is 2.05 bits per heavy atom. The van der Waals surface area contributed by atoms with E-state index in [-0.39, 0.29) is 11.5 Å². The number of anilines is 1. The highest BCUT2D eigenvalue weighted by Gasteiger charge is 2.09. The summed E-state index contributed by atoms with van der Waals surface area (Å²) in [6, 6.07) is 5.23. The lowest BCUT2D eigenvalue weighted by Gasteiger charge is -2.08. The molecule has 0 bridgehead atoms. The highest BCUT2D eigenvalue weighted by Crippen LogP contribution is 2.13. The molecular weight excluding hydrogens is 270 g/mol. The summed E-state index contributed by atoms with van der Waals surface area (Å²) >= 11 is 0. The molecule has 0 aliphatic heterocycles. The number of aliphatic hydroxyl groups is 1. The van der Waals surface area contributed by atoms with Crippen LogP contribution in [0.4, 0.5) is 10.5 Å². The Morgan fingerprint density at radius 1 is 1.32 bits per heavy atom. The first-order valence-electron chi connectivity index (χ1n) is 5.72. The van der Waals surface area contributed by atoms with Crippen molar-refractivity contribution in [2.24, 2.45) is 5.14 Å². The second kappa shape index (κ2) is 7.07. The largest absolute Gasteiger partial charge is 0.396 e. The number of carbonyl (C=O) groups is 1. The highest BCUT2D eigenvalue weighted by molar-refractivity contribution is 7.89. The van der Waals surface area contributed by atoms with E-state index in [0.717, 1.165) is 0 Å². The summed E-state index contributed by atoms with van der Waals surface area (Å²) in [6.45, 7) is 0.515. The molecule has 0 aliphatic rings. The van der Waals surface area contributed by atoms with Gasteiger partial charge in [0.2, 0.25) is 10.0 Å². The van der Waals surface area contributed by atoms with Gasteiger partial charge in [0.1, 0.15) is 0 Å². The maximum atomic E-state index is 11.5. The van der Waals surface area contributed by atoms with Gasteiger partial charge in [0.05, 0.1) is 4.90 Å². The van der Waals surface area contributed by atoms with Gasteiger partial charge in [-0.05, 0) is 31.0 Å². The van der Waals surface area contributed by atoms with Gasteiger partial charge in [0.15, 0.2) is 0 Å². The topological polar surface area (TPSA) is 122 Å². The molecule has 0 radical (unpaired) electrons. The minimum Gasteiger partial charge on any atom is -0.396 e. The molecule has 8 heteroatoms. The zero-order chi connectivity index (χ0) is 14.3. The van der Waals surface area contributed by atoms with E-state index in [9.17, 15) is 13.2 Å². The second-order valence-corrected chi connectivity index (χ2v) is 5.45. The second-order valence-electron chi connectivity index (χ2n) is 3.88. The third-order valence-corrected chi connectivity index (χ3v) is 3.20. The van der Waals surface area contributed by atoms with Crippen molar-refractivity contribution in [1.29, 1.82) is 0 Å². The molecule has 5 N–H and O–H groups in total. The molecule has 0 aliphatic carbocycles. The van der Waals surface area contributed by atoms with E-state index in [4.69, 9.17) is 10.2 Å². The number of nitrogens with two attached hydrogens (primary N) is 1. The van der Waals surface area contributed by atoms with Crippen molar-refractivity contribution < 1.29 is 18.3 Å². The molecule has 0 fully saturated rings. The van der Waals surface area contributed by atoms with Crippen LogP contribution >= 0.6 is 0 Å². The van der Waals surface area contributed by atoms with Crippen LogP contribution in [0.2, 0.25) is 0 Å². The molecule has 0 aromatic heterocycles. The molecule has 7 nitrogen and oxygen atoms in total. The van der Waals surface area contributed by atoms with Crippen LogP contribution in [0, 0.1) is 0 Å². The van der Waals surface area contributed by atoms with Crippen molar-refractivity contribution in [2.45, 2.75) is 17.7 Å². The Bertz CT molecular complexity index is 530. The first kappa shape index (κ1) is 15.4. The molecule has 2 amide bonds. The van der Waals surface area contributed by atoms with E-state index in [1.807, 2.05) is 0 Å². The van der Waals surface area contributed by atoms with Crippen LogP contribution in [0.25, 0.3) is 0 Å². The van der Waals surface area contributed by atoms with Crippen LogP contribution in [-0.4, -0.2) is 32.7 Å². The zero-order valence-corrected chi connectivity index (χ0v) is 11.1. The number of aliphatic hydroxyl groups excluding tert-OH is 1. The number of hydrogen-bond donors (Lipinski definition) is 4. The Hall–Kier alpha value is -1.64. The molecule has 0 saturated heterocycles. The number of amides is 2. The van der Waals surface area contributed by atoms with Gasteiger partial charge in [0, 0.05) is 18.8 Å². The number of primary sulfonamides is 1. The minimum absolute atomic E-state index is 0.0643. The number of hydrogen-bond acceptors (Lipinski definition) is 4. The van der Waals surface area contributed by atoms with Gasteiger partial charge in [-0.25, -0.2) is 18.4 Å². The first-order valence-corrected chi connectivity index (χ1v) is 7.26. The smallest absolute Gasteiger partial charge is 0.319 e. The summed E-state index contributed by atoms with van der Waals surface area (Å²) in [5, 5.41) is 18.6. The lowest BCUT2D eigenvalue weighted by Crippen LogP contribution is -2.29. The first-order chi connectivity index (χ1) is 8.93. The normalized spacial score (nSPS) is 11.1. The molecule has 1 rings (SSSR count). The van der Waals surface area contributed by atoms with E-state index in [1.165, 1.54) is 18.2 Å². The van der Waals surface area contributed by atoms with Crippen LogP contribution in [0.3, 0.4) is 0 Å². The van der Waals surface area contributed by atoms with E-state index in [0.29, 0.717) is 25.1 Å². The van der Waals surface area contributed by atoms with Crippen molar-refractivity contribution in [3.05, 3.63) is 24.3 Å². The lowest BCUT2D eigenvalue weighted by atomic mass is 10.3. The van der Waals surface area contributed by atoms with Crippen LogP contribution in [0.1, 0.15) is 12.8 Å². The Morgan fingerprint density at radius 3 is 2.68 bits per heavy atom. The molecular formula is C11H17N3O4S. The summed E-state index contributed by atoms with van der Waals surface area (Å²) in [6.07, 6.45) is 1.28. The van der Waals surface area contributed by atoms with E-state index >= 15 is 0 Å². The third kappa shape index (κ3) is 5.69. The van der Waals surface area contributed by atoms with Crippen LogP contribution in [-0.2, 0) is 10.0 Å². The average molecular weight is 287 g/mol. The van der Waals surface area contributed by atoms with E-state index < -0.39 is 16.1 Å². The number of nitrogens with one attached hydrogen (secondary N) is 2. The summed E-state index contributed by atoms with van der Waals surface area (Å²) in [5.41, 5.74) is 0.339. The Balaban J connectivity index is 2.55. The van der Waals surface area contributed by atoms with Crippen molar-refractivity contribution >= 4 is 21.7 Å². The van der Waals surface area contributed by atoms with Crippen molar-refractivity contribution in [3.8, 4) is 0 Å². The van der Waals surface area contributed by atoms with Gasteiger partial charge < -0.3 is 15.7 Å². The average Bonchev–Trinajstić information content (AvgIpc) is 2.34. The number of rotatable bonds is 6. The summed E-state index contributed by atoms with van der Waals surface area (Å²) < 4.78 is 22.3. The number of unbranched alkanes of at least 4 members (excludes halogenated alkanes) is 1. The van der Waals surface area contributed by atoms with Crippen LogP contribution in [0.15, 0.2) is 29.2 Å². The highest BCUT2D eigenvalue weighted by atomic mass is 32.2. The van der Waals surface area contributed by atoms with Crippen molar-refractivity contribution in [3.63, 3.8) is 0 Å². The monoisotopic (exact) mass is 287 g/mol. The number of sulfonamides is 1. The summed E-state index contributed by atoms with van der Waals surface area (Å²) in [5.74, 6) is 0. The molecule has 0 atom stereocenters. The third-order valence-electron chi connectivity index (χ3n) is 2.29. The molecule has 0 spiro atoms. The molecule has 1 aromatic carbocycles. The molecule has 106 valence electrons. The number of benzene rings is 1. The van der Waals surface area contributed by atoms with Crippen molar-refractivity contribution in [2.75, 3.05) is 18.5 Å². The predicted octanol–water partition coefficient (Wildman–Crippen LogP) is 0.228. The van der Waals surface area contributed by atoms with Gasteiger partial charge in [-0.2, -0.15) is 0 Å². The fourth-order valence-corrected chi connectivity index (χ4v) is 1.92. The summed E-state index contributed by atoms with van der Waals surface area (Å²) in [7, 11) is -3.78. The molecule has 0 heterocycles. The van der Waals surface area contributed by atoms with Crippen LogP contribution in [0.5, 0.6) is 0 Å². The number of carbonyl (C=O) groups excluding carboxylic acids is 1. The maximum absolute atomic E-state index is 11.5. The van der Waals surface area contributed by atoms with Gasteiger partial charge in [-0.3, -0.25) is 0 Å². The lowest BCUT2D eigenvalue weighted by molar-refractivity contribution is 0.250. The Labute approximate surface area is 111 Å².